The Morgan fingerprint density at radius 3 is 1.00 bits per heavy atom. The van der Waals surface area contributed by atoms with Gasteiger partial charge >= 0.3 is 37.7 Å². The van der Waals surface area contributed by atoms with E-state index >= 15 is 0 Å². The summed E-state index contributed by atoms with van der Waals surface area (Å²) < 4.78 is 0. The van der Waals surface area contributed by atoms with Crippen LogP contribution in [-0.4, -0.2) is 71.6 Å². The van der Waals surface area contributed by atoms with Gasteiger partial charge in [0.25, 0.3) is 0 Å². The second-order valence-corrected chi connectivity index (χ2v) is 0.921. The van der Waals surface area contributed by atoms with Crippen LogP contribution in [-0.2, 0) is 9.59 Å². The van der Waals surface area contributed by atoms with Crippen molar-refractivity contribution in [2.75, 3.05) is 0 Å². The van der Waals surface area contributed by atoms with E-state index < -0.39 is 18.4 Å². The third kappa shape index (κ3) is 50.3. The van der Waals surface area contributed by atoms with Crippen LogP contribution in [0.15, 0.2) is 0 Å². The van der Waals surface area contributed by atoms with E-state index in [2.05, 4.69) is 0 Å². The Morgan fingerprint density at radius 1 is 0.833 bits per heavy atom. The third-order valence-electron chi connectivity index (χ3n) is 0.289. The van der Waals surface area contributed by atoms with E-state index in [1.807, 2.05) is 0 Å². The van der Waals surface area contributed by atoms with E-state index in [1.54, 1.807) is 0 Å². The van der Waals surface area contributed by atoms with Crippen LogP contribution in [0.1, 0.15) is 6.42 Å². The van der Waals surface area contributed by atoms with Crippen LogP contribution in [0.4, 0.5) is 0 Å². The quantitative estimate of drug-likeness (QED) is 0.324. The first kappa shape index (κ1) is 40.2. The molecule has 0 aromatic rings. The normalized spacial score (nSPS) is 4.67. The van der Waals surface area contributed by atoms with Crippen LogP contribution in [0.5, 0.6) is 0 Å². The standard InChI is InChI=1S/C3H4O4.Ca.4H2O/c4-2(5)1-3(6)7;;;;;/h1H2,(H,4,5)(H,6,7);;4*1H2/q;+2;;;;/p-2. The van der Waals surface area contributed by atoms with Gasteiger partial charge < -0.3 is 41.7 Å². The van der Waals surface area contributed by atoms with Gasteiger partial charge in [-0.1, -0.05) is 0 Å². The summed E-state index contributed by atoms with van der Waals surface area (Å²) in [5.74, 6) is -3.25. The second-order valence-electron chi connectivity index (χ2n) is 0.921. The summed E-state index contributed by atoms with van der Waals surface area (Å²) in [7, 11) is 0. The first-order chi connectivity index (χ1) is 3.13. The fourth-order valence-electron chi connectivity index (χ4n) is 0.118. The maximum atomic E-state index is 9.28. The Hall–Kier alpha value is 0.0397. The van der Waals surface area contributed by atoms with Crippen molar-refractivity contribution in [2.45, 2.75) is 6.42 Å². The molecule has 0 saturated heterocycles. The van der Waals surface area contributed by atoms with Gasteiger partial charge in [-0.3, -0.25) is 0 Å². The van der Waals surface area contributed by atoms with Crippen molar-refractivity contribution in [3.05, 3.63) is 0 Å². The molecule has 0 unspecified atom stereocenters. The van der Waals surface area contributed by atoms with E-state index in [1.165, 1.54) is 0 Å². The van der Waals surface area contributed by atoms with Crippen molar-refractivity contribution in [2.24, 2.45) is 0 Å². The van der Waals surface area contributed by atoms with Gasteiger partial charge in [-0.25, -0.2) is 0 Å². The van der Waals surface area contributed by atoms with Gasteiger partial charge in [-0.15, -0.1) is 0 Å². The van der Waals surface area contributed by atoms with Crippen molar-refractivity contribution in [1.82, 2.24) is 0 Å². The van der Waals surface area contributed by atoms with Crippen LogP contribution in [0.2, 0.25) is 0 Å². The zero-order valence-corrected chi connectivity index (χ0v) is 8.26. The van der Waals surface area contributed by atoms with E-state index in [0.29, 0.717) is 0 Å². The van der Waals surface area contributed by atoms with E-state index in [4.69, 9.17) is 0 Å². The summed E-state index contributed by atoms with van der Waals surface area (Å²) in [5.41, 5.74) is 0. The van der Waals surface area contributed by atoms with Gasteiger partial charge in [0, 0.05) is 18.4 Å². The predicted molar refractivity (Wildman–Crippen MR) is 34.8 cm³/mol. The number of hydrogen-bond donors (Lipinski definition) is 0. The van der Waals surface area contributed by atoms with Gasteiger partial charge in [-0.2, -0.15) is 0 Å². The minimum absolute atomic E-state index is 0. The second kappa shape index (κ2) is 22.5. The number of rotatable bonds is 2. The molecule has 0 aliphatic rings. The SMILES string of the molecule is O.O.O.O.O=C([O-])CC(=O)[O-].[Ca+2]. The molecule has 0 radical (unpaired) electrons. The number of carboxylic acids is 2. The van der Waals surface area contributed by atoms with Crippen molar-refractivity contribution < 1.29 is 41.7 Å². The van der Waals surface area contributed by atoms with Gasteiger partial charge in [0.05, 0.1) is 0 Å². The van der Waals surface area contributed by atoms with Crippen LogP contribution in [0.25, 0.3) is 0 Å². The van der Waals surface area contributed by atoms with Crippen LogP contribution in [0.3, 0.4) is 0 Å². The maximum Gasteiger partial charge on any atom is 2.00 e. The molecule has 0 amide bonds. The Balaban J connectivity index is -0.0000000180. The molecule has 8 N–H and O–H groups in total. The van der Waals surface area contributed by atoms with E-state index in [-0.39, 0.29) is 59.6 Å². The molecular weight excluding hydrogens is 204 g/mol. The Kier molecular flexibility index (Phi) is 75.3. The van der Waals surface area contributed by atoms with Crippen LogP contribution in [0, 0.1) is 0 Å². The average Bonchev–Trinajstić information content (AvgIpc) is 1.27. The van der Waals surface area contributed by atoms with Crippen molar-refractivity contribution in [1.29, 1.82) is 0 Å². The summed E-state index contributed by atoms with van der Waals surface area (Å²) in [5, 5.41) is 18.6. The Labute approximate surface area is 97.4 Å². The molecule has 72 valence electrons. The molecule has 0 fully saturated rings. The van der Waals surface area contributed by atoms with Crippen molar-refractivity contribution in [3.63, 3.8) is 0 Å². The predicted octanol–water partition coefficient (Wildman–Crippen LogP) is -6.80. The molecule has 0 aliphatic carbocycles. The fraction of sp³-hybridized carbons (Fsp3) is 0.333. The van der Waals surface area contributed by atoms with Crippen LogP contribution < -0.4 is 10.2 Å². The molecular formula is C3H10CaO8. The molecule has 0 spiro atoms. The summed E-state index contributed by atoms with van der Waals surface area (Å²) in [6.07, 6.45) is -1.03. The number of hydrogen-bond acceptors (Lipinski definition) is 4. The molecule has 12 heavy (non-hydrogen) atoms. The largest absolute Gasteiger partial charge is 2.00 e. The van der Waals surface area contributed by atoms with Gasteiger partial charge in [0.15, 0.2) is 0 Å². The maximum absolute atomic E-state index is 9.28. The molecule has 0 rings (SSSR count). The molecule has 0 aromatic heterocycles. The first-order valence-corrected chi connectivity index (χ1v) is 1.52. The zero-order chi connectivity index (χ0) is 5.86. The topological polar surface area (TPSA) is 206 Å². The smallest absolute Gasteiger partial charge is 0.550 e. The fourth-order valence-corrected chi connectivity index (χ4v) is 0.118. The number of carbonyl (C=O) groups is 2. The minimum Gasteiger partial charge on any atom is -0.550 e. The first-order valence-electron chi connectivity index (χ1n) is 1.52. The summed E-state index contributed by atoms with van der Waals surface area (Å²) in [6.45, 7) is 0. The molecule has 8 nitrogen and oxygen atoms in total. The van der Waals surface area contributed by atoms with Gasteiger partial charge in [0.2, 0.25) is 0 Å². The van der Waals surface area contributed by atoms with Gasteiger partial charge in [-0.05, 0) is 0 Å². The molecule has 0 aromatic carbocycles. The number of carbonyl (C=O) groups excluding carboxylic acids is 2. The average molecular weight is 214 g/mol. The number of carboxylic acid groups (broad SMARTS) is 2. The summed E-state index contributed by atoms with van der Waals surface area (Å²) in [4.78, 5) is 18.6. The molecule has 0 heterocycles. The summed E-state index contributed by atoms with van der Waals surface area (Å²) in [6, 6.07) is 0. The molecule has 0 bridgehead atoms. The zero-order valence-electron chi connectivity index (χ0n) is 6.05. The number of aliphatic carboxylic acids is 2. The van der Waals surface area contributed by atoms with Crippen molar-refractivity contribution in [3.8, 4) is 0 Å². The molecule has 0 saturated carbocycles. The summed E-state index contributed by atoms with van der Waals surface area (Å²) >= 11 is 0. The Morgan fingerprint density at radius 2 is 1.00 bits per heavy atom. The van der Waals surface area contributed by atoms with Crippen molar-refractivity contribution >= 4 is 49.7 Å². The molecule has 9 heteroatoms. The minimum atomic E-state index is -1.63. The van der Waals surface area contributed by atoms with E-state index in [9.17, 15) is 19.8 Å². The monoisotopic (exact) mass is 214 g/mol. The molecule has 0 aliphatic heterocycles. The Bertz CT molecular complexity index is 90.5. The molecule has 0 atom stereocenters. The van der Waals surface area contributed by atoms with Gasteiger partial charge in [0.1, 0.15) is 0 Å². The van der Waals surface area contributed by atoms with Crippen LogP contribution >= 0.6 is 0 Å². The van der Waals surface area contributed by atoms with E-state index in [0.717, 1.165) is 0 Å². The third-order valence-corrected chi connectivity index (χ3v) is 0.289.